The van der Waals surface area contributed by atoms with Crippen molar-refractivity contribution in [3.05, 3.63) is 76.0 Å². The third-order valence-electron chi connectivity index (χ3n) is 5.61. The van der Waals surface area contributed by atoms with Crippen molar-refractivity contribution >= 4 is 35.3 Å². The number of rotatable bonds is 10. The molecule has 3 aromatic rings. The molecule has 0 fully saturated rings. The Morgan fingerprint density at radius 3 is 2.71 bits per heavy atom. The van der Waals surface area contributed by atoms with Gasteiger partial charge < -0.3 is 14.8 Å². The van der Waals surface area contributed by atoms with Crippen molar-refractivity contribution in [2.75, 3.05) is 18.5 Å². The van der Waals surface area contributed by atoms with Crippen molar-refractivity contribution in [1.29, 1.82) is 0 Å². The van der Waals surface area contributed by atoms with Gasteiger partial charge in [0.05, 0.1) is 18.8 Å². The quantitative estimate of drug-likeness (QED) is 0.195. The number of hydrogen-bond acceptors (Lipinski definition) is 7. The molecule has 1 aliphatic heterocycles. The van der Waals surface area contributed by atoms with Crippen LogP contribution in [0.15, 0.2) is 65.0 Å². The van der Waals surface area contributed by atoms with Crippen molar-refractivity contribution in [2.45, 2.75) is 50.6 Å². The number of aromatic nitrogens is 3. The second-order valence-corrected chi connectivity index (χ2v) is 9.42. The lowest BCUT2D eigenvalue weighted by molar-refractivity contribution is -0.139. The summed E-state index contributed by atoms with van der Waals surface area (Å²) in [6.45, 7) is 6.65. The molecule has 9 heteroatoms. The van der Waals surface area contributed by atoms with Crippen LogP contribution in [0.25, 0.3) is 0 Å². The summed E-state index contributed by atoms with van der Waals surface area (Å²) >= 11 is 7.81. The molecule has 0 bridgehead atoms. The molecule has 0 amide bonds. The van der Waals surface area contributed by atoms with Crippen molar-refractivity contribution in [2.24, 2.45) is 0 Å². The number of fused-ring (bicyclic) bond motifs is 1. The van der Waals surface area contributed by atoms with Crippen molar-refractivity contribution in [1.82, 2.24) is 14.8 Å². The van der Waals surface area contributed by atoms with E-state index in [1.165, 1.54) is 11.8 Å². The van der Waals surface area contributed by atoms with Gasteiger partial charge in [-0.15, -0.1) is 5.10 Å². The minimum absolute atomic E-state index is 0.278. The van der Waals surface area contributed by atoms with Crippen molar-refractivity contribution < 1.29 is 14.3 Å². The SMILES string of the molecule is CCCCOc1ccccc1C1C(C(=O)OCC)=C(C)Nc2nc(SCc3ccccc3Cl)nn21. The Balaban J connectivity index is 1.72. The van der Waals surface area contributed by atoms with Crippen LogP contribution >= 0.6 is 23.4 Å². The second kappa shape index (κ2) is 11.6. The lowest BCUT2D eigenvalue weighted by Gasteiger charge is -2.29. The highest BCUT2D eigenvalue weighted by atomic mass is 35.5. The van der Waals surface area contributed by atoms with E-state index in [1.54, 1.807) is 11.6 Å². The maximum absolute atomic E-state index is 13.1. The molecule has 0 saturated carbocycles. The standard InChI is InChI=1S/C26H29ClN4O3S/c1-4-6-15-34-21-14-10-8-12-19(21)23-22(24(32)33-5-2)17(3)28-25-29-26(30-31(23)25)35-16-18-11-7-9-13-20(18)27/h7-14,23H,4-6,15-16H2,1-3H3,(H,28,29,30). The summed E-state index contributed by atoms with van der Waals surface area (Å²) in [4.78, 5) is 17.8. The van der Waals surface area contributed by atoms with E-state index in [-0.39, 0.29) is 6.61 Å². The van der Waals surface area contributed by atoms with Gasteiger partial charge in [-0.25, -0.2) is 9.48 Å². The number of halogens is 1. The molecule has 1 N–H and O–H groups in total. The number of benzene rings is 2. The van der Waals surface area contributed by atoms with Gasteiger partial charge in [0, 0.05) is 22.0 Å². The zero-order chi connectivity index (χ0) is 24.8. The topological polar surface area (TPSA) is 78.3 Å². The molecule has 1 unspecified atom stereocenters. The lowest BCUT2D eigenvalue weighted by Crippen LogP contribution is -2.30. The first-order valence-corrected chi connectivity index (χ1v) is 13.1. The predicted octanol–water partition coefficient (Wildman–Crippen LogP) is 6.25. The molecule has 2 aromatic carbocycles. The van der Waals surface area contributed by atoms with Crippen molar-refractivity contribution in [3.63, 3.8) is 0 Å². The van der Waals surface area contributed by atoms with Gasteiger partial charge in [-0.2, -0.15) is 4.98 Å². The van der Waals surface area contributed by atoms with Gasteiger partial charge in [0.2, 0.25) is 11.1 Å². The predicted molar refractivity (Wildman–Crippen MR) is 139 cm³/mol. The summed E-state index contributed by atoms with van der Waals surface area (Å²) in [5.74, 6) is 1.51. The highest BCUT2D eigenvalue weighted by molar-refractivity contribution is 7.98. The molecular formula is C26H29ClN4O3S. The van der Waals surface area contributed by atoms with E-state index in [0.717, 1.165) is 24.0 Å². The number of ether oxygens (including phenoxy) is 2. The number of hydrogen-bond donors (Lipinski definition) is 1. The number of thioether (sulfide) groups is 1. The number of esters is 1. The summed E-state index contributed by atoms with van der Waals surface area (Å²) in [5, 5.41) is 9.31. The van der Waals surface area contributed by atoms with E-state index in [9.17, 15) is 4.79 Å². The van der Waals surface area contributed by atoms with E-state index >= 15 is 0 Å². The van der Waals surface area contributed by atoms with Crippen LogP contribution in [0.2, 0.25) is 5.02 Å². The molecule has 0 saturated heterocycles. The molecule has 2 heterocycles. The fraction of sp³-hybridized carbons (Fsp3) is 0.346. The minimum Gasteiger partial charge on any atom is -0.493 e. The Labute approximate surface area is 214 Å². The maximum Gasteiger partial charge on any atom is 0.338 e. The molecular weight excluding hydrogens is 484 g/mol. The number of carbonyl (C=O) groups is 1. The summed E-state index contributed by atoms with van der Waals surface area (Å²) in [6.07, 6.45) is 1.97. The highest BCUT2D eigenvalue weighted by Gasteiger charge is 2.36. The van der Waals surface area contributed by atoms with Crippen LogP contribution in [-0.2, 0) is 15.3 Å². The van der Waals surface area contributed by atoms with Gasteiger partial charge in [0.15, 0.2) is 0 Å². The molecule has 35 heavy (non-hydrogen) atoms. The third kappa shape index (κ3) is 5.65. The van der Waals surface area contributed by atoms with Gasteiger partial charge in [0.25, 0.3) is 0 Å². The molecule has 0 spiro atoms. The number of para-hydroxylation sites is 1. The van der Waals surface area contributed by atoms with E-state index in [4.69, 9.17) is 31.2 Å². The van der Waals surface area contributed by atoms with Gasteiger partial charge in [-0.3, -0.25) is 0 Å². The smallest absolute Gasteiger partial charge is 0.338 e. The molecule has 1 atom stereocenters. The molecule has 0 aliphatic carbocycles. The highest BCUT2D eigenvalue weighted by Crippen LogP contribution is 2.40. The summed E-state index contributed by atoms with van der Waals surface area (Å²) in [7, 11) is 0. The Morgan fingerprint density at radius 2 is 1.94 bits per heavy atom. The fourth-order valence-electron chi connectivity index (χ4n) is 3.88. The van der Waals surface area contributed by atoms with Crippen molar-refractivity contribution in [3.8, 4) is 5.75 Å². The number of nitrogens with one attached hydrogen (secondary N) is 1. The monoisotopic (exact) mass is 512 g/mol. The molecule has 1 aromatic heterocycles. The number of carbonyl (C=O) groups excluding carboxylic acids is 1. The number of anilines is 1. The van der Waals surface area contributed by atoms with E-state index in [0.29, 0.717) is 45.5 Å². The van der Waals surface area contributed by atoms with E-state index in [2.05, 4.69) is 12.2 Å². The third-order valence-corrected chi connectivity index (χ3v) is 6.87. The Bertz CT molecular complexity index is 1230. The first-order chi connectivity index (χ1) is 17.0. The Kier molecular flexibility index (Phi) is 8.36. The number of nitrogens with zero attached hydrogens (tertiary/aromatic N) is 3. The van der Waals surface area contributed by atoms with E-state index < -0.39 is 12.0 Å². The van der Waals surface area contributed by atoms with Gasteiger partial charge in [-0.05, 0) is 38.0 Å². The Hall–Kier alpha value is -2.97. The number of unbranched alkanes of at least 4 members (excludes halogenated alkanes) is 1. The van der Waals surface area contributed by atoms with Crippen LogP contribution in [0, 0.1) is 0 Å². The van der Waals surface area contributed by atoms with Crippen LogP contribution in [0.4, 0.5) is 5.95 Å². The summed E-state index contributed by atoms with van der Waals surface area (Å²) in [6, 6.07) is 14.9. The molecule has 7 nitrogen and oxygen atoms in total. The summed E-state index contributed by atoms with van der Waals surface area (Å²) < 4.78 is 13.3. The van der Waals surface area contributed by atoms with Crippen LogP contribution < -0.4 is 10.1 Å². The fourth-order valence-corrected chi connectivity index (χ4v) is 4.99. The molecule has 4 rings (SSSR count). The van der Waals surface area contributed by atoms with Crippen LogP contribution in [0.5, 0.6) is 5.75 Å². The zero-order valence-electron chi connectivity index (χ0n) is 20.1. The average Bonchev–Trinajstić information content (AvgIpc) is 3.25. The van der Waals surface area contributed by atoms with E-state index in [1.807, 2.05) is 55.5 Å². The first kappa shape index (κ1) is 25.1. The lowest BCUT2D eigenvalue weighted by atomic mass is 9.95. The van der Waals surface area contributed by atoms with Crippen LogP contribution in [0.1, 0.15) is 50.8 Å². The zero-order valence-corrected chi connectivity index (χ0v) is 21.7. The minimum atomic E-state index is -0.537. The van der Waals surface area contributed by atoms with Gasteiger partial charge >= 0.3 is 5.97 Å². The second-order valence-electron chi connectivity index (χ2n) is 8.07. The normalized spacial score (nSPS) is 14.9. The first-order valence-electron chi connectivity index (χ1n) is 11.7. The molecule has 184 valence electrons. The average molecular weight is 513 g/mol. The Morgan fingerprint density at radius 1 is 1.17 bits per heavy atom. The molecule has 0 radical (unpaired) electrons. The molecule has 1 aliphatic rings. The largest absolute Gasteiger partial charge is 0.493 e. The number of allylic oxidation sites excluding steroid dienone is 1. The van der Waals surface area contributed by atoms with Gasteiger partial charge in [0.1, 0.15) is 11.8 Å². The maximum atomic E-state index is 13.1. The van der Waals surface area contributed by atoms with Crippen LogP contribution in [0.3, 0.4) is 0 Å². The van der Waals surface area contributed by atoms with Gasteiger partial charge in [-0.1, -0.05) is 73.1 Å². The summed E-state index contributed by atoms with van der Waals surface area (Å²) in [5.41, 5.74) is 3.01. The van der Waals surface area contributed by atoms with Crippen LogP contribution in [-0.4, -0.2) is 33.9 Å².